The van der Waals surface area contributed by atoms with E-state index < -0.39 is 18.0 Å². The number of amides is 1. The third kappa shape index (κ3) is 4.19. The number of halogens is 1. The fourth-order valence-corrected chi connectivity index (χ4v) is 2.41. The fraction of sp³-hybridized carbons (Fsp3) is 0.111. The van der Waals surface area contributed by atoms with Gasteiger partial charge in [-0.15, -0.1) is 0 Å². The van der Waals surface area contributed by atoms with Gasteiger partial charge in [0.15, 0.2) is 6.10 Å². The Morgan fingerprint density at radius 2 is 1.72 bits per heavy atom. The van der Waals surface area contributed by atoms with E-state index in [1.807, 2.05) is 12.1 Å². The minimum atomic E-state index is -0.936. The summed E-state index contributed by atoms with van der Waals surface area (Å²) in [4.78, 5) is 32.7. The van der Waals surface area contributed by atoms with Crippen LogP contribution in [0.25, 0.3) is 11.0 Å². The highest BCUT2D eigenvalue weighted by atomic mass is 79.9. The van der Waals surface area contributed by atoms with Crippen molar-refractivity contribution in [1.82, 2.24) is 9.97 Å². The maximum Gasteiger partial charge on any atom is 0.338 e. The standard InChI is InChI=1S/C18H14BrN3O3/c1-11(17(23)22-14-5-3-13(19)4-6-14)25-18(24)12-2-7-15-16(10-12)21-9-8-20-15/h2-11H,1H3,(H,22,23)/t11-/m1/s1. The van der Waals surface area contributed by atoms with Gasteiger partial charge in [0.25, 0.3) is 5.91 Å². The second kappa shape index (κ2) is 7.40. The van der Waals surface area contributed by atoms with Crippen molar-refractivity contribution in [2.75, 3.05) is 5.32 Å². The second-order valence-corrected chi connectivity index (χ2v) is 6.22. The molecule has 6 nitrogen and oxygen atoms in total. The zero-order valence-electron chi connectivity index (χ0n) is 13.3. The van der Waals surface area contributed by atoms with E-state index in [-0.39, 0.29) is 0 Å². The van der Waals surface area contributed by atoms with Crippen LogP contribution in [0.15, 0.2) is 59.3 Å². The van der Waals surface area contributed by atoms with Gasteiger partial charge in [-0.2, -0.15) is 0 Å². The van der Waals surface area contributed by atoms with Crippen LogP contribution in [-0.2, 0) is 9.53 Å². The summed E-state index contributed by atoms with van der Waals surface area (Å²) in [7, 11) is 0. The number of benzene rings is 2. The number of esters is 1. The molecular weight excluding hydrogens is 386 g/mol. The van der Waals surface area contributed by atoms with Crippen molar-refractivity contribution in [2.24, 2.45) is 0 Å². The molecule has 1 aromatic heterocycles. The number of rotatable bonds is 4. The van der Waals surface area contributed by atoms with E-state index in [1.165, 1.54) is 6.92 Å². The molecule has 1 atom stereocenters. The van der Waals surface area contributed by atoms with Crippen LogP contribution in [0.1, 0.15) is 17.3 Å². The average molecular weight is 400 g/mol. The summed E-state index contributed by atoms with van der Waals surface area (Å²) in [6.45, 7) is 1.52. The molecule has 1 N–H and O–H groups in total. The Bertz CT molecular complexity index is 928. The van der Waals surface area contributed by atoms with Crippen LogP contribution in [0.2, 0.25) is 0 Å². The SMILES string of the molecule is C[C@@H](OC(=O)c1ccc2nccnc2c1)C(=O)Nc1ccc(Br)cc1. The van der Waals surface area contributed by atoms with E-state index in [1.54, 1.807) is 42.7 Å². The maximum absolute atomic E-state index is 12.2. The molecule has 0 unspecified atom stereocenters. The predicted octanol–water partition coefficient (Wildman–Crippen LogP) is 3.58. The largest absolute Gasteiger partial charge is 0.449 e. The van der Waals surface area contributed by atoms with Gasteiger partial charge < -0.3 is 10.1 Å². The van der Waals surface area contributed by atoms with E-state index in [2.05, 4.69) is 31.2 Å². The first kappa shape index (κ1) is 17.0. The van der Waals surface area contributed by atoms with Crippen molar-refractivity contribution in [3.63, 3.8) is 0 Å². The number of ether oxygens (including phenoxy) is 1. The topological polar surface area (TPSA) is 81.2 Å². The van der Waals surface area contributed by atoms with Crippen LogP contribution in [0.5, 0.6) is 0 Å². The maximum atomic E-state index is 12.2. The van der Waals surface area contributed by atoms with Gasteiger partial charge >= 0.3 is 5.97 Å². The summed E-state index contributed by atoms with van der Waals surface area (Å²) in [5, 5.41) is 2.70. The minimum Gasteiger partial charge on any atom is -0.449 e. The fourth-order valence-electron chi connectivity index (χ4n) is 2.15. The Labute approximate surface area is 152 Å². The van der Waals surface area contributed by atoms with Gasteiger partial charge in [-0.25, -0.2) is 4.79 Å². The summed E-state index contributed by atoms with van der Waals surface area (Å²) >= 11 is 3.32. The molecule has 2 aromatic carbocycles. The molecule has 0 aliphatic heterocycles. The average Bonchev–Trinajstić information content (AvgIpc) is 2.63. The summed E-state index contributed by atoms with van der Waals surface area (Å²) < 4.78 is 6.14. The first-order chi connectivity index (χ1) is 12.0. The van der Waals surface area contributed by atoms with Crippen LogP contribution in [0.4, 0.5) is 5.69 Å². The predicted molar refractivity (Wildman–Crippen MR) is 97.2 cm³/mol. The van der Waals surface area contributed by atoms with Crippen molar-refractivity contribution in [1.29, 1.82) is 0 Å². The molecule has 1 amide bonds. The summed E-state index contributed by atoms with van der Waals surface area (Å²) in [5.74, 6) is -0.998. The number of nitrogens with zero attached hydrogens (tertiary/aromatic N) is 2. The lowest BCUT2D eigenvalue weighted by atomic mass is 10.2. The molecule has 7 heteroatoms. The monoisotopic (exact) mass is 399 g/mol. The van der Waals surface area contributed by atoms with E-state index in [0.717, 1.165) is 4.47 Å². The first-order valence-electron chi connectivity index (χ1n) is 7.51. The van der Waals surface area contributed by atoms with Crippen LogP contribution < -0.4 is 5.32 Å². The molecule has 0 saturated heterocycles. The van der Waals surface area contributed by atoms with Crippen LogP contribution in [-0.4, -0.2) is 27.9 Å². The first-order valence-corrected chi connectivity index (χ1v) is 8.30. The van der Waals surface area contributed by atoms with Crippen LogP contribution in [0, 0.1) is 0 Å². The lowest BCUT2D eigenvalue weighted by Gasteiger charge is -2.13. The molecule has 0 aliphatic rings. The van der Waals surface area contributed by atoms with Gasteiger partial charge in [-0.1, -0.05) is 15.9 Å². The summed E-state index contributed by atoms with van der Waals surface area (Å²) in [5.41, 5.74) is 2.21. The second-order valence-electron chi connectivity index (χ2n) is 5.30. The molecule has 3 aromatic rings. The van der Waals surface area contributed by atoms with E-state index in [9.17, 15) is 9.59 Å². The van der Waals surface area contributed by atoms with Gasteiger partial charge in [0, 0.05) is 22.6 Å². The van der Waals surface area contributed by atoms with E-state index in [0.29, 0.717) is 22.3 Å². The quantitative estimate of drug-likeness (QED) is 0.678. The lowest BCUT2D eigenvalue weighted by Crippen LogP contribution is -2.30. The van der Waals surface area contributed by atoms with Gasteiger partial charge in [-0.05, 0) is 49.4 Å². The van der Waals surface area contributed by atoms with Crippen molar-refractivity contribution in [3.8, 4) is 0 Å². The zero-order chi connectivity index (χ0) is 17.8. The molecule has 25 heavy (non-hydrogen) atoms. The Kier molecular flexibility index (Phi) is 5.04. The van der Waals surface area contributed by atoms with Crippen molar-refractivity contribution < 1.29 is 14.3 Å². The van der Waals surface area contributed by atoms with Crippen molar-refractivity contribution in [3.05, 3.63) is 64.9 Å². The van der Waals surface area contributed by atoms with Crippen molar-refractivity contribution >= 4 is 44.5 Å². The van der Waals surface area contributed by atoms with Gasteiger partial charge in [-0.3, -0.25) is 14.8 Å². The van der Waals surface area contributed by atoms with Gasteiger partial charge in [0.2, 0.25) is 0 Å². The third-order valence-corrected chi connectivity index (χ3v) is 4.00. The molecule has 0 radical (unpaired) electrons. The number of fused-ring (bicyclic) bond motifs is 1. The zero-order valence-corrected chi connectivity index (χ0v) is 14.9. The Balaban J connectivity index is 1.66. The summed E-state index contributed by atoms with van der Waals surface area (Å²) in [6.07, 6.45) is 2.19. The number of hydrogen-bond donors (Lipinski definition) is 1. The Hall–Kier alpha value is -2.80. The van der Waals surface area contributed by atoms with Gasteiger partial charge in [0.05, 0.1) is 16.6 Å². The Morgan fingerprint density at radius 3 is 2.44 bits per heavy atom. The number of hydrogen-bond acceptors (Lipinski definition) is 5. The highest BCUT2D eigenvalue weighted by Crippen LogP contribution is 2.16. The van der Waals surface area contributed by atoms with Crippen LogP contribution in [0.3, 0.4) is 0 Å². The highest BCUT2D eigenvalue weighted by molar-refractivity contribution is 9.10. The van der Waals surface area contributed by atoms with Crippen LogP contribution >= 0.6 is 15.9 Å². The smallest absolute Gasteiger partial charge is 0.338 e. The lowest BCUT2D eigenvalue weighted by molar-refractivity contribution is -0.123. The number of carbonyl (C=O) groups excluding carboxylic acids is 2. The summed E-state index contributed by atoms with van der Waals surface area (Å²) in [6, 6.07) is 12.0. The van der Waals surface area contributed by atoms with Gasteiger partial charge in [0.1, 0.15) is 0 Å². The number of aromatic nitrogens is 2. The Morgan fingerprint density at radius 1 is 1.04 bits per heavy atom. The number of nitrogens with one attached hydrogen (secondary N) is 1. The minimum absolute atomic E-state index is 0.316. The molecule has 0 spiro atoms. The third-order valence-electron chi connectivity index (χ3n) is 3.47. The molecule has 0 bridgehead atoms. The molecule has 126 valence electrons. The molecular formula is C18H14BrN3O3. The van der Waals surface area contributed by atoms with Crippen molar-refractivity contribution in [2.45, 2.75) is 13.0 Å². The highest BCUT2D eigenvalue weighted by Gasteiger charge is 2.19. The van der Waals surface area contributed by atoms with E-state index in [4.69, 9.17) is 4.74 Å². The van der Waals surface area contributed by atoms with E-state index >= 15 is 0 Å². The molecule has 3 rings (SSSR count). The molecule has 0 saturated carbocycles. The number of carbonyl (C=O) groups is 2. The number of anilines is 1. The normalized spacial score (nSPS) is 11.8. The molecule has 0 fully saturated rings. The molecule has 0 aliphatic carbocycles. The molecule has 1 heterocycles.